The highest BCUT2D eigenvalue weighted by molar-refractivity contribution is 9.10. The molecule has 0 fully saturated rings. The first-order chi connectivity index (χ1) is 3.83. The lowest BCUT2D eigenvalue weighted by Crippen LogP contribution is -1.86. The number of halogens is 1. The van der Waals surface area contributed by atoms with Crippen molar-refractivity contribution >= 4 is 22.3 Å². The molecule has 0 aliphatic carbocycles. The van der Waals surface area contributed by atoms with Crippen LogP contribution in [0.3, 0.4) is 0 Å². The normalized spacial score (nSPS) is 9.12. The van der Waals surface area contributed by atoms with Crippen LogP contribution >= 0.6 is 15.9 Å². The molecule has 1 aromatic heterocycles. The summed E-state index contributed by atoms with van der Waals surface area (Å²) in [5, 5.41) is 0. The number of imidazole rings is 1. The van der Waals surface area contributed by atoms with E-state index in [2.05, 4.69) is 20.9 Å². The number of aromatic nitrogens is 2. The molecule has 1 aromatic rings. The van der Waals surface area contributed by atoms with E-state index in [-0.39, 0.29) is 0 Å². The van der Waals surface area contributed by atoms with Crippen molar-refractivity contribution < 1.29 is 4.79 Å². The summed E-state index contributed by atoms with van der Waals surface area (Å²) in [7, 11) is 0. The Kier molecular flexibility index (Phi) is 1.43. The molecule has 1 heterocycles. The zero-order valence-electron chi connectivity index (χ0n) is 3.91. The van der Waals surface area contributed by atoms with Crippen LogP contribution in [0.25, 0.3) is 0 Å². The third-order valence-electron chi connectivity index (χ3n) is 0.692. The predicted molar refractivity (Wildman–Crippen MR) is 32.1 cm³/mol. The van der Waals surface area contributed by atoms with E-state index in [0.29, 0.717) is 11.0 Å². The van der Waals surface area contributed by atoms with Gasteiger partial charge in [-0.3, -0.25) is 9.36 Å². The van der Waals surface area contributed by atoms with Gasteiger partial charge in [-0.15, -0.1) is 0 Å². The SMILES string of the molecule is O=Cn1cnc(Br)c1. The van der Waals surface area contributed by atoms with Crippen LogP contribution in [0.2, 0.25) is 0 Å². The molecular formula is C4H3BrN2O. The standard InChI is InChI=1S/C4H3BrN2O/c5-4-1-7(3-8)2-6-4/h1-3H. The first kappa shape index (κ1) is 5.50. The number of hydrogen-bond donors (Lipinski definition) is 0. The second-order valence-corrected chi connectivity index (χ2v) is 2.06. The van der Waals surface area contributed by atoms with Crippen LogP contribution in [0.5, 0.6) is 0 Å². The molecular weight excluding hydrogens is 172 g/mol. The van der Waals surface area contributed by atoms with Gasteiger partial charge >= 0.3 is 0 Å². The molecule has 1 rings (SSSR count). The van der Waals surface area contributed by atoms with E-state index in [0.717, 1.165) is 0 Å². The van der Waals surface area contributed by atoms with Gasteiger partial charge in [0, 0.05) is 6.20 Å². The summed E-state index contributed by atoms with van der Waals surface area (Å²) in [5.74, 6) is 0. The summed E-state index contributed by atoms with van der Waals surface area (Å²) in [5.41, 5.74) is 0. The monoisotopic (exact) mass is 174 g/mol. The van der Waals surface area contributed by atoms with Crippen LogP contribution in [-0.4, -0.2) is 16.0 Å². The summed E-state index contributed by atoms with van der Waals surface area (Å²) in [6.45, 7) is 0. The second-order valence-electron chi connectivity index (χ2n) is 1.25. The molecule has 0 spiro atoms. The number of carbonyl (C=O) groups is 1. The Morgan fingerprint density at radius 2 is 2.62 bits per heavy atom. The Balaban J connectivity index is 3.00. The van der Waals surface area contributed by atoms with Crippen LogP contribution in [-0.2, 0) is 4.79 Å². The summed E-state index contributed by atoms with van der Waals surface area (Å²) in [6, 6.07) is 0. The Bertz CT molecular complexity index is 196. The largest absolute Gasteiger partial charge is 0.278 e. The molecule has 0 radical (unpaired) electrons. The van der Waals surface area contributed by atoms with Crippen LogP contribution < -0.4 is 0 Å². The van der Waals surface area contributed by atoms with Gasteiger partial charge in [0.15, 0.2) is 0 Å². The number of nitrogens with zero attached hydrogens (tertiary/aromatic N) is 2. The fourth-order valence-corrected chi connectivity index (χ4v) is 0.697. The van der Waals surface area contributed by atoms with Gasteiger partial charge in [0.05, 0.1) is 0 Å². The fourth-order valence-electron chi connectivity index (χ4n) is 0.369. The molecule has 8 heavy (non-hydrogen) atoms. The van der Waals surface area contributed by atoms with Crippen molar-refractivity contribution in [3.8, 4) is 0 Å². The Morgan fingerprint density at radius 3 is 2.88 bits per heavy atom. The van der Waals surface area contributed by atoms with Gasteiger partial charge in [-0.25, -0.2) is 4.98 Å². The summed E-state index contributed by atoms with van der Waals surface area (Å²) < 4.78 is 1.99. The number of carbonyl (C=O) groups excluding carboxylic acids is 1. The highest BCUT2D eigenvalue weighted by Crippen LogP contribution is 2.01. The quantitative estimate of drug-likeness (QED) is 0.588. The molecule has 42 valence electrons. The highest BCUT2D eigenvalue weighted by Gasteiger charge is 1.88. The lowest BCUT2D eigenvalue weighted by molar-refractivity contribution is 0.547. The molecule has 0 aromatic carbocycles. The topological polar surface area (TPSA) is 34.9 Å². The van der Waals surface area contributed by atoms with E-state index < -0.39 is 0 Å². The van der Waals surface area contributed by atoms with Crippen molar-refractivity contribution in [3.05, 3.63) is 17.1 Å². The molecule has 0 N–H and O–H groups in total. The van der Waals surface area contributed by atoms with E-state index in [4.69, 9.17) is 0 Å². The van der Waals surface area contributed by atoms with Crippen molar-refractivity contribution in [2.45, 2.75) is 0 Å². The minimum absolute atomic E-state index is 0.671. The average Bonchev–Trinajstić information content (AvgIpc) is 2.14. The minimum Gasteiger partial charge on any atom is -0.278 e. The van der Waals surface area contributed by atoms with E-state index >= 15 is 0 Å². The van der Waals surface area contributed by atoms with E-state index in [9.17, 15) is 4.79 Å². The van der Waals surface area contributed by atoms with Gasteiger partial charge < -0.3 is 0 Å². The van der Waals surface area contributed by atoms with Crippen molar-refractivity contribution in [1.29, 1.82) is 0 Å². The molecule has 0 atom stereocenters. The third-order valence-corrected chi connectivity index (χ3v) is 1.10. The summed E-state index contributed by atoms with van der Waals surface area (Å²) in [4.78, 5) is 13.7. The fraction of sp³-hybridized carbons (Fsp3) is 0. The minimum atomic E-state index is 0.671. The van der Waals surface area contributed by atoms with Crippen LogP contribution in [0, 0.1) is 0 Å². The lowest BCUT2D eigenvalue weighted by atomic mass is 10.9. The molecule has 0 amide bonds. The molecule has 0 saturated heterocycles. The smallest absolute Gasteiger partial charge is 0.219 e. The predicted octanol–water partition coefficient (Wildman–Crippen LogP) is 0.684. The van der Waals surface area contributed by atoms with Gasteiger partial charge in [0.1, 0.15) is 10.9 Å². The lowest BCUT2D eigenvalue weighted by Gasteiger charge is -1.76. The molecule has 0 saturated carbocycles. The molecule has 0 bridgehead atoms. The number of rotatable bonds is 1. The highest BCUT2D eigenvalue weighted by atomic mass is 79.9. The van der Waals surface area contributed by atoms with Gasteiger partial charge in [0.2, 0.25) is 6.41 Å². The maximum atomic E-state index is 9.92. The van der Waals surface area contributed by atoms with Crippen LogP contribution in [0.15, 0.2) is 17.1 Å². The summed E-state index contributed by atoms with van der Waals surface area (Å²) in [6.07, 6.45) is 3.68. The van der Waals surface area contributed by atoms with Crippen molar-refractivity contribution in [2.75, 3.05) is 0 Å². The first-order valence-electron chi connectivity index (χ1n) is 1.97. The van der Waals surface area contributed by atoms with Gasteiger partial charge in [0.25, 0.3) is 0 Å². The Hall–Kier alpha value is -0.640. The van der Waals surface area contributed by atoms with Gasteiger partial charge in [-0.05, 0) is 15.9 Å². The maximum absolute atomic E-state index is 9.92. The first-order valence-corrected chi connectivity index (χ1v) is 2.76. The molecule has 0 aliphatic rings. The molecule has 4 heteroatoms. The van der Waals surface area contributed by atoms with Crippen LogP contribution in [0.1, 0.15) is 0 Å². The summed E-state index contributed by atoms with van der Waals surface area (Å²) >= 11 is 3.08. The second kappa shape index (κ2) is 2.09. The Labute approximate surface area is 54.5 Å². The third kappa shape index (κ3) is 0.949. The van der Waals surface area contributed by atoms with Crippen LogP contribution in [0.4, 0.5) is 0 Å². The van der Waals surface area contributed by atoms with Crippen molar-refractivity contribution in [1.82, 2.24) is 9.55 Å². The average molecular weight is 175 g/mol. The zero-order valence-corrected chi connectivity index (χ0v) is 5.50. The van der Waals surface area contributed by atoms with Crippen molar-refractivity contribution in [3.63, 3.8) is 0 Å². The Morgan fingerprint density at radius 1 is 1.88 bits per heavy atom. The molecule has 0 unspecified atom stereocenters. The van der Waals surface area contributed by atoms with E-state index in [1.165, 1.54) is 10.9 Å². The van der Waals surface area contributed by atoms with E-state index in [1.807, 2.05) is 0 Å². The van der Waals surface area contributed by atoms with E-state index in [1.54, 1.807) is 6.20 Å². The molecule has 0 aliphatic heterocycles. The maximum Gasteiger partial charge on any atom is 0.219 e. The van der Waals surface area contributed by atoms with Crippen molar-refractivity contribution in [2.24, 2.45) is 0 Å². The number of hydrogen-bond acceptors (Lipinski definition) is 2. The van der Waals surface area contributed by atoms with Gasteiger partial charge in [-0.1, -0.05) is 0 Å². The zero-order chi connectivity index (χ0) is 5.98. The van der Waals surface area contributed by atoms with Gasteiger partial charge in [-0.2, -0.15) is 0 Å². The molecule has 3 nitrogen and oxygen atoms in total.